The van der Waals surface area contributed by atoms with Crippen LogP contribution in [0.2, 0.25) is 0 Å². The van der Waals surface area contributed by atoms with E-state index in [2.05, 4.69) is 21.3 Å². The van der Waals surface area contributed by atoms with E-state index in [9.17, 15) is 4.79 Å². The van der Waals surface area contributed by atoms with Crippen LogP contribution in [0.25, 0.3) is 11.3 Å². The van der Waals surface area contributed by atoms with E-state index in [1.54, 1.807) is 18.5 Å². The first-order valence-corrected chi connectivity index (χ1v) is 8.65. The largest absolute Gasteiger partial charge is 0.367 e. The van der Waals surface area contributed by atoms with Crippen LogP contribution in [-0.2, 0) is 6.54 Å². The second kappa shape index (κ2) is 6.68. The molecule has 136 valence electrons. The van der Waals surface area contributed by atoms with E-state index in [-0.39, 0.29) is 18.0 Å². The van der Waals surface area contributed by atoms with E-state index in [1.165, 1.54) is 4.68 Å². The molecule has 1 aliphatic heterocycles. The van der Waals surface area contributed by atoms with Gasteiger partial charge in [0.25, 0.3) is 5.56 Å². The lowest BCUT2D eigenvalue weighted by atomic mass is 10.0. The zero-order chi connectivity index (χ0) is 19.0. The van der Waals surface area contributed by atoms with E-state index in [1.807, 2.05) is 30.9 Å². The van der Waals surface area contributed by atoms with E-state index in [0.29, 0.717) is 24.5 Å². The first-order valence-electron chi connectivity index (χ1n) is 8.65. The van der Waals surface area contributed by atoms with Crippen LogP contribution in [0.3, 0.4) is 0 Å². The number of pyridine rings is 1. The number of nitrogens with zero attached hydrogens (tertiary/aromatic N) is 6. The average molecular weight is 362 g/mol. The molecule has 0 N–H and O–H groups in total. The number of nitriles is 1. The smallest absolute Gasteiger partial charge is 0.269 e. The molecule has 1 fully saturated rings. The first-order chi connectivity index (χ1) is 13.0. The third kappa shape index (κ3) is 3.19. The highest BCUT2D eigenvalue weighted by Gasteiger charge is 2.27. The predicted molar refractivity (Wildman–Crippen MR) is 98.1 cm³/mol. The van der Waals surface area contributed by atoms with Crippen molar-refractivity contribution in [2.45, 2.75) is 20.4 Å². The molecule has 1 saturated heterocycles. The monoisotopic (exact) mass is 362 g/mol. The fourth-order valence-electron chi connectivity index (χ4n) is 3.05. The molecule has 0 unspecified atom stereocenters. The third-order valence-corrected chi connectivity index (χ3v) is 4.76. The molecular formula is C19H18N6O2. The van der Waals surface area contributed by atoms with Gasteiger partial charge in [-0.05, 0) is 26.0 Å². The Kier molecular flexibility index (Phi) is 4.20. The lowest BCUT2D eigenvalue weighted by molar-refractivity contribution is 0.397. The van der Waals surface area contributed by atoms with Crippen LogP contribution in [0, 0.1) is 31.1 Å². The summed E-state index contributed by atoms with van der Waals surface area (Å²) in [7, 11) is 0. The van der Waals surface area contributed by atoms with E-state index in [4.69, 9.17) is 9.78 Å². The topological polar surface area (TPSA) is 101 Å². The molecule has 4 heterocycles. The van der Waals surface area contributed by atoms with E-state index < -0.39 is 0 Å². The molecule has 0 spiro atoms. The van der Waals surface area contributed by atoms with Crippen molar-refractivity contribution in [3.05, 3.63) is 58.0 Å². The molecule has 3 aromatic heterocycles. The quantitative estimate of drug-likeness (QED) is 0.699. The molecule has 3 aromatic rings. The maximum atomic E-state index is 12.5. The van der Waals surface area contributed by atoms with Crippen LogP contribution in [0.1, 0.15) is 17.0 Å². The zero-order valence-electron chi connectivity index (χ0n) is 15.1. The van der Waals surface area contributed by atoms with Crippen molar-refractivity contribution in [1.29, 1.82) is 5.26 Å². The zero-order valence-corrected chi connectivity index (χ0v) is 15.1. The number of hydrogen-bond donors (Lipinski definition) is 0. The van der Waals surface area contributed by atoms with Gasteiger partial charge in [-0.1, -0.05) is 5.16 Å². The molecule has 8 heteroatoms. The molecule has 0 atom stereocenters. The summed E-state index contributed by atoms with van der Waals surface area (Å²) in [5.41, 5.74) is 3.75. The Labute approximate surface area is 155 Å². The Balaban J connectivity index is 1.60. The molecule has 0 amide bonds. The first kappa shape index (κ1) is 17.0. The Hall–Kier alpha value is -3.47. The number of aryl methyl sites for hydroxylation is 2. The van der Waals surface area contributed by atoms with Crippen LogP contribution < -0.4 is 10.5 Å². The van der Waals surface area contributed by atoms with Crippen molar-refractivity contribution in [2.24, 2.45) is 5.92 Å². The minimum absolute atomic E-state index is 0.0257. The fourth-order valence-corrected chi connectivity index (χ4v) is 3.05. The highest BCUT2D eigenvalue weighted by Crippen LogP contribution is 2.26. The molecule has 4 rings (SSSR count). The summed E-state index contributed by atoms with van der Waals surface area (Å²) in [6.07, 6.45) is 3.40. The Bertz CT molecular complexity index is 1070. The van der Waals surface area contributed by atoms with Gasteiger partial charge in [0.05, 0.1) is 30.4 Å². The average Bonchev–Trinajstić information content (AvgIpc) is 2.98. The van der Waals surface area contributed by atoms with Gasteiger partial charge in [-0.3, -0.25) is 9.78 Å². The third-order valence-electron chi connectivity index (χ3n) is 4.76. The summed E-state index contributed by atoms with van der Waals surface area (Å²) in [6, 6.07) is 7.61. The second-order valence-electron chi connectivity index (χ2n) is 6.69. The molecule has 0 aromatic carbocycles. The van der Waals surface area contributed by atoms with Crippen molar-refractivity contribution in [2.75, 3.05) is 18.0 Å². The Morgan fingerprint density at radius 3 is 2.78 bits per heavy atom. The lowest BCUT2D eigenvalue weighted by Gasteiger charge is -2.36. The number of anilines is 1. The van der Waals surface area contributed by atoms with E-state index >= 15 is 0 Å². The predicted octanol–water partition coefficient (Wildman–Crippen LogP) is 1.92. The maximum Gasteiger partial charge on any atom is 0.269 e. The van der Waals surface area contributed by atoms with Crippen LogP contribution in [0.4, 0.5) is 5.69 Å². The van der Waals surface area contributed by atoms with Crippen LogP contribution in [0.5, 0.6) is 0 Å². The van der Waals surface area contributed by atoms with Gasteiger partial charge in [-0.15, -0.1) is 0 Å². The molecule has 0 radical (unpaired) electrons. The van der Waals surface area contributed by atoms with Crippen LogP contribution in [0.15, 0.2) is 39.9 Å². The number of aromatic nitrogens is 4. The summed E-state index contributed by atoms with van der Waals surface area (Å²) < 4.78 is 6.73. The molecule has 27 heavy (non-hydrogen) atoms. The van der Waals surface area contributed by atoms with Crippen LogP contribution >= 0.6 is 0 Å². The lowest BCUT2D eigenvalue weighted by Crippen LogP contribution is -2.46. The van der Waals surface area contributed by atoms with E-state index in [0.717, 1.165) is 22.5 Å². The van der Waals surface area contributed by atoms with Gasteiger partial charge in [0.15, 0.2) is 0 Å². The van der Waals surface area contributed by atoms with Crippen molar-refractivity contribution in [1.82, 2.24) is 19.9 Å². The number of rotatable bonds is 4. The summed E-state index contributed by atoms with van der Waals surface area (Å²) in [5, 5.41) is 17.3. The standard InChI is InChI=1S/C19H18N6O2/c1-12-3-4-15(7-21-12)19-17(13(2)27-23-19)11-25-18(26)5-16(8-22-25)24-9-14(6-20)10-24/h3-5,7-8,14H,9-11H2,1-2H3. The Morgan fingerprint density at radius 2 is 2.11 bits per heavy atom. The van der Waals surface area contributed by atoms with Crippen molar-refractivity contribution < 1.29 is 4.52 Å². The summed E-state index contributed by atoms with van der Waals surface area (Å²) in [6.45, 7) is 5.27. The SMILES string of the molecule is Cc1ccc(-c2noc(C)c2Cn2ncc(N3CC(C#N)C3)cc2=O)cn1. The van der Waals surface area contributed by atoms with Gasteiger partial charge in [0, 0.05) is 42.2 Å². The molecular weight excluding hydrogens is 344 g/mol. The second-order valence-corrected chi connectivity index (χ2v) is 6.69. The van der Waals surface area contributed by atoms with Gasteiger partial charge in [-0.25, -0.2) is 4.68 Å². The maximum absolute atomic E-state index is 12.5. The van der Waals surface area contributed by atoms with Crippen LogP contribution in [-0.4, -0.2) is 33.0 Å². The van der Waals surface area contributed by atoms with Crippen molar-refractivity contribution in [3.63, 3.8) is 0 Å². The highest BCUT2D eigenvalue weighted by molar-refractivity contribution is 5.62. The normalized spacial score (nSPS) is 14.0. The summed E-state index contributed by atoms with van der Waals surface area (Å²) in [4.78, 5) is 18.8. The van der Waals surface area contributed by atoms with Gasteiger partial charge in [0.2, 0.25) is 0 Å². The molecule has 0 aliphatic carbocycles. The van der Waals surface area contributed by atoms with Gasteiger partial charge in [-0.2, -0.15) is 10.4 Å². The molecule has 0 saturated carbocycles. The summed E-state index contributed by atoms with van der Waals surface area (Å²) in [5.74, 6) is 0.667. The number of hydrogen-bond acceptors (Lipinski definition) is 7. The van der Waals surface area contributed by atoms with Gasteiger partial charge in [0.1, 0.15) is 11.5 Å². The minimum atomic E-state index is -0.207. The highest BCUT2D eigenvalue weighted by atomic mass is 16.5. The Morgan fingerprint density at radius 1 is 1.30 bits per heavy atom. The van der Waals surface area contributed by atoms with Gasteiger partial charge >= 0.3 is 0 Å². The van der Waals surface area contributed by atoms with Gasteiger partial charge < -0.3 is 9.42 Å². The fraction of sp³-hybridized carbons (Fsp3) is 0.316. The molecule has 8 nitrogen and oxygen atoms in total. The molecule has 1 aliphatic rings. The summed E-state index contributed by atoms with van der Waals surface area (Å²) >= 11 is 0. The molecule has 0 bridgehead atoms. The van der Waals surface area contributed by atoms with Crippen molar-refractivity contribution >= 4 is 5.69 Å². The minimum Gasteiger partial charge on any atom is -0.367 e. The van der Waals surface area contributed by atoms with Crippen molar-refractivity contribution in [3.8, 4) is 17.3 Å².